The van der Waals surface area contributed by atoms with Crippen LogP contribution in [0.25, 0.3) is 22.3 Å². The van der Waals surface area contributed by atoms with E-state index >= 15 is 0 Å². The molecule has 136 valence electrons. The number of aliphatic hydroxyl groups is 1. The van der Waals surface area contributed by atoms with Gasteiger partial charge in [-0.15, -0.1) is 0 Å². The molecule has 0 amide bonds. The van der Waals surface area contributed by atoms with Crippen LogP contribution in [-0.2, 0) is 12.1 Å². The summed E-state index contributed by atoms with van der Waals surface area (Å²) in [6, 6.07) is 9.41. The Kier molecular flexibility index (Phi) is 3.60. The Hall–Kier alpha value is -3.76. The van der Waals surface area contributed by atoms with Gasteiger partial charge in [0.2, 0.25) is 0 Å². The van der Waals surface area contributed by atoms with Gasteiger partial charge in [-0.2, -0.15) is 0 Å². The predicted molar refractivity (Wildman–Crippen MR) is 105 cm³/mol. The number of aromatic nitrogens is 5. The van der Waals surface area contributed by atoms with Gasteiger partial charge in [0.25, 0.3) is 0 Å². The van der Waals surface area contributed by atoms with Crippen molar-refractivity contribution in [3.8, 4) is 23.2 Å². The first-order valence-electron chi connectivity index (χ1n) is 8.87. The highest BCUT2D eigenvalue weighted by molar-refractivity contribution is 5.87. The first-order chi connectivity index (χ1) is 13.6. The Labute approximate surface area is 160 Å². The Balaban J connectivity index is 1.51. The Bertz CT molecular complexity index is 1270. The van der Waals surface area contributed by atoms with Crippen LogP contribution in [-0.4, -0.2) is 29.6 Å². The summed E-state index contributed by atoms with van der Waals surface area (Å²) in [5.41, 5.74) is 6.91. The van der Waals surface area contributed by atoms with E-state index in [1.54, 1.807) is 18.6 Å². The van der Waals surface area contributed by atoms with Crippen LogP contribution in [0.1, 0.15) is 17.8 Å². The Morgan fingerprint density at radius 1 is 1.14 bits per heavy atom. The number of nitrogen functional groups attached to an aromatic ring is 1. The lowest BCUT2D eigenvalue weighted by molar-refractivity contribution is 0.0980. The fourth-order valence-electron chi connectivity index (χ4n) is 3.39. The molecule has 3 aromatic heterocycles. The van der Waals surface area contributed by atoms with Gasteiger partial charge in [0.15, 0.2) is 17.2 Å². The fraction of sp³-hybridized carbons (Fsp3) is 0.143. The zero-order chi connectivity index (χ0) is 19.1. The number of nitrogens with two attached hydrogens (primary N) is 1. The summed E-state index contributed by atoms with van der Waals surface area (Å²) in [4.78, 5) is 17.3. The summed E-state index contributed by atoms with van der Waals surface area (Å²) in [5.74, 6) is 7.57. The van der Waals surface area contributed by atoms with E-state index in [2.05, 4.69) is 31.8 Å². The second-order valence-electron chi connectivity index (χ2n) is 6.71. The maximum absolute atomic E-state index is 10.8. The fourth-order valence-corrected chi connectivity index (χ4v) is 3.39. The molecule has 1 aliphatic rings. The normalized spacial score (nSPS) is 17.9. The van der Waals surface area contributed by atoms with Crippen molar-refractivity contribution in [2.75, 3.05) is 5.73 Å². The van der Waals surface area contributed by atoms with Gasteiger partial charge < -0.3 is 15.4 Å². The molecule has 1 aliphatic heterocycles. The lowest BCUT2D eigenvalue weighted by atomic mass is 10.0. The third kappa shape index (κ3) is 2.68. The van der Waals surface area contributed by atoms with E-state index in [0.717, 1.165) is 16.5 Å². The molecular weight excluding hydrogens is 352 g/mol. The number of imidazole rings is 1. The number of hydrogen-bond acceptors (Lipinski definition) is 6. The van der Waals surface area contributed by atoms with Crippen LogP contribution in [0.5, 0.6) is 0 Å². The topological polar surface area (TPSA) is 103 Å². The lowest BCUT2D eigenvalue weighted by Gasteiger charge is -2.12. The standard InChI is InChI=1S/C21H16N6O/c22-18-17-16(5-8-23-18)13-25-19(26-17)15-3-1-2-14(12-15)4-6-21(28)7-10-27-11-9-24-20(21)27/h1-3,5,8-9,11-13,28H,7,10H2,(H2,22,23)/t21-/m1/s1. The summed E-state index contributed by atoms with van der Waals surface area (Å²) in [5, 5.41) is 11.7. The van der Waals surface area contributed by atoms with E-state index in [0.29, 0.717) is 35.9 Å². The SMILES string of the molecule is Nc1nccc2cnc(-c3cccc(C#C[C@@]4(O)CCn5ccnc54)c3)nc12. The molecule has 28 heavy (non-hydrogen) atoms. The van der Waals surface area contributed by atoms with Crippen molar-refractivity contribution in [3.05, 3.63) is 66.5 Å². The quantitative estimate of drug-likeness (QED) is 0.499. The van der Waals surface area contributed by atoms with Crippen molar-refractivity contribution in [2.45, 2.75) is 18.6 Å². The van der Waals surface area contributed by atoms with Crippen molar-refractivity contribution in [3.63, 3.8) is 0 Å². The predicted octanol–water partition coefficient (Wildman–Crippen LogP) is 2.11. The molecule has 0 bridgehead atoms. The molecule has 1 atom stereocenters. The minimum Gasteiger partial charge on any atom is -0.382 e. The number of aryl methyl sites for hydroxylation is 1. The summed E-state index contributed by atoms with van der Waals surface area (Å²) < 4.78 is 1.92. The van der Waals surface area contributed by atoms with Crippen LogP contribution in [0.4, 0.5) is 5.82 Å². The highest BCUT2D eigenvalue weighted by Crippen LogP contribution is 2.30. The maximum atomic E-state index is 10.8. The molecule has 0 spiro atoms. The number of nitrogens with zero attached hydrogens (tertiary/aromatic N) is 5. The first kappa shape index (κ1) is 16.4. The highest BCUT2D eigenvalue weighted by Gasteiger charge is 2.36. The number of pyridine rings is 1. The molecule has 0 aliphatic carbocycles. The molecule has 0 saturated heterocycles. The van der Waals surface area contributed by atoms with Crippen LogP contribution in [0.2, 0.25) is 0 Å². The zero-order valence-corrected chi connectivity index (χ0v) is 14.9. The molecule has 0 saturated carbocycles. The molecular formula is C21H16N6O. The summed E-state index contributed by atoms with van der Waals surface area (Å²) >= 11 is 0. The number of hydrogen-bond donors (Lipinski definition) is 2. The molecule has 0 unspecified atom stereocenters. The van der Waals surface area contributed by atoms with Gasteiger partial charge in [-0.1, -0.05) is 24.0 Å². The molecule has 1 aromatic carbocycles. The molecule has 5 rings (SSSR count). The molecule has 4 aromatic rings. The molecule has 0 fully saturated rings. The van der Waals surface area contributed by atoms with E-state index in [1.807, 2.05) is 41.1 Å². The van der Waals surface area contributed by atoms with Crippen molar-refractivity contribution in [1.82, 2.24) is 24.5 Å². The van der Waals surface area contributed by atoms with E-state index in [9.17, 15) is 5.11 Å². The third-order valence-corrected chi connectivity index (χ3v) is 4.86. The minimum atomic E-state index is -1.22. The van der Waals surface area contributed by atoms with Crippen LogP contribution in [0.15, 0.2) is 55.1 Å². The maximum Gasteiger partial charge on any atom is 0.185 e. The number of fused-ring (bicyclic) bond motifs is 2. The molecule has 3 N–H and O–H groups in total. The smallest absolute Gasteiger partial charge is 0.185 e. The van der Waals surface area contributed by atoms with E-state index in [1.165, 1.54) is 0 Å². The second-order valence-corrected chi connectivity index (χ2v) is 6.71. The van der Waals surface area contributed by atoms with Crippen LogP contribution >= 0.6 is 0 Å². The lowest BCUT2D eigenvalue weighted by Crippen LogP contribution is -2.20. The van der Waals surface area contributed by atoms with Crippen LogP contribution < -0.4 is 5.73 Å². The van der Waals surface area contributed by atoms with Crippen LogP contribution in [0.3, 0.4) is 0 Å². The van der Waals surface area contributed by atoms with Gasteiger partial charge in [-0.05, 0) is 18.2 Å². The van der Waals surface area contributed by atoms with Gasteiger partial charge in [0.1, 0.15) is 11.3 Å². The van der Waals surface area contributed by atoms with Gasteiger partial charge in [0.05, 0.1) is 0 Å². The van der Waals surface area contributed by atoms with Gasteiger partial charge in [0, 0.05) is 54.3 Å². The Morgan fingerprint density at radius 2 is 2.07 bits per heavy atom. The molecule has 7 heteroatoms. The van der Waals surface area contributed by atoms with Gasteiger partial charge in [-0.3, -0.25) is 0 Å². The monoisotopic (exact) mass is 368 g/mol. The summed E-state index contributed by atoms with van der Waals surface area (Å²) in [6.45, 7) is 0.709. The Morgan fingerprint density at radius 3 is 3.00 bits per heavy atom. The number of benzene rings is 1. The number of anilines is 1. The van der Waals surface area contributed by atoms with E-state index in [4.69, 9.17) is 5.73 Å². The van der Waals surface area contributed by atoms with Crippen molar-refractivity contribution in [1.29, 1.82) is 0 Å². The van der Waals surface area contributed by atoms with E-state index in [-0.39, 0.29) is 0 Å². The number of rotatable bonds is 1. The van der Waals surface area contributed by atoms with Crippen molar-refractivity contribution in [2.24, 2.45) is 0 Å². The molecule has 0 radical (unpaired) electrons. The summed E-state index contributed by atoms with van der Waals surface area (Å²) in [7, 11) is 0. The van der Waals surface area contributed by atoms with Gasteiger partial charge >= 0.3 is 0 Å². The van der Waals surface area contributed by atoms with Crippen molar-refractivity contribution < 1.29 is 5.11 Å². The van der Waals surface area contributed by atoms with Crippen LogP contribution in [0, 0.1) is 11.8 Å². The van der Waals surface area contributed by atoms with E-state index < -0.39 is 5.60 Å². The van der Waals surface area contributed by atoms with Crippen molar-refractivity contribution >= 4 is 16.7 Å². The average Bonchev–Trinajstić information content (AvgIpc) is 3.32. The zero-order valence-electron chi connectivity index (χ0n) is 14.9. The van der Waals surface area contributed by atoms with Gasteiger partial charge in [-0.25, -0.2) is 19.9 Å². The second kappa shape index (κ2) is 6.15. The average molecular weight is 368 g/mol. The highest BCUT2D eigenvalue weighted by atomic mass is 16.3. The molecule has 4 heterocycles. The first-order valence-corrected chi connectivity index (χ1v) is 8.87. The molecule has 7 nitrogen and oxygen atoms in total. The third-order valence-electron chi connectivity index (χ3n) is 4.86. The summed E-state index contributed by atoms with van der Waals surface area (Å²) in [6.07, 6.45) is 7.43. The largest absolute Gasteiger partial charge is 0.382 e. The minimum absolute atomic E-state index is 0.371.